The van der Waals surface area contributed by atoms with Crippen LogP contribution >= 0.6 is 0 Å². The second-order valence-corrected chi connectivity index (χ2v) is 6.76. The molecule has 30 heavy (non-hydrogen) atoms. The molecule has 2 heterocycles. The van der Waals surface area contributed by atoms with Gasteiger partial charge in [0.15, 0.2) is 0 Å². The number of hydrogen-bond donors (Lipinski definition) is 3. The number of benzene rings is 1. The zero-order valence-electron chi connectivity index (χ0n) is 17.0. The van der Waals surface area contributed by atoms with Crippen LogP contribution in [0.4, 0.5) is 11.8 Å². The fourth-order valence-electron chi connectivity index (χ4n) is 2.92. The molecule has 152 valence electrons. The topological polar surface area (TPSA) is 103 Å². The molecule has 0 saturated heterocycles. The molecule has 0 atom stereocenters. The molecule has 0 amide bonds. The van der Waals surface area contributed by atoms with Crippen molar-refractivity contribution in [2.45, 2.75) is 19.9 Å². The van der Waals surface area contributed by atoms with Crippen LogP contribution in [0, 0.1) is 0 Å². The molecule has 0 saturated carbocycles. The highest BCUT2D eigenvalue weighted by Gasteiger charge is 2.05. The van der Waals surface area contributed by atoms with E-state index in [1.54, 1.807) is 6.20 Å². The summed E-state index contributed by atoms with van der Waals surface area (Å²) in [5, 5.41) is 3.29. The Balaban J connectivity index is 1.69. The largest absolute Gasteiger partial charge is 0.368 e. The van der Waals surface area contributed by atoms with Crippen molar-refractivity contribution in [1.29, 1.82) is 0 Å². The minimum Gasteiger partial charge on any atom is -0.368 e. The zero-order valence-corrected chi connectivity index (χ0v) is 17.0. The number of nitrogen functional groups attached to an aromatic ring is 1. The van der Waals surface area contributed by atoms with Crippen LogP contribution in [0.2, 0.25) is 0 Å². The molecule has 0 fully saturated rings. The molecule has 6 heteroatoms. The Labute approximate surface area is 177 Å². The van der Waals surface area contributed by atoms with Crippen molar-refractivity contribution in [3.05, 3.63) is 102 Å². The van der Waals surface area contributed by atoms with Gasteiger partial charge in [0.25, 0.3) is 0 Å². The molecule has 0 bridgehead atoms. The molecule has 0 aliphatic rings. The monoisotopic (exact) mass is 398 g/mol. The predicted molar refractivity (Wildman–Crippen MR) is 123 cm³/mol. The van der Waals surface area contributed by atoms with Crippen molar-refractivity contribution in [2.24, 2.45) is 5.73 Å². The first-order valence-corrected chi connectivity index (χ1v) is 9.70. The van der Waals surface area contributed by atoms with Gasteiger partial charge in [0, 0.05) is 30.1 Å². The van der Waals surface area contributed by atoms with Crippen LogP contribution in [0.5, 0.6) is 0 Å². The molecule has 3 rings (SSSR count). The van der Waals surface area contributed by atoms with Crippen LogP contribution in [-0.2, 0) is 13.0 Å². The summed E-state index contributed by atoms with van der Waals surface area (Å²) in [5.41, 5.74) is 17.2. The SMILES string of the molecule is C=C(/C=C\C(=C/C)Nc1cc(-c2ccccc2)nc(N)n1)Cc1ccnc(CN)c1. The minimum absolute atomic E-state index is 0.219. The maximum Gasteiger partial charge on any atom is 0.222 e. The lowest BCUT2D eigenvalue weighted by Crippen LogP contribution is -2.04. The first-order valence-electron chi connectivity index (χ1n) is 9.70. The van der Waals surface area contributed by atoms with Gasteiger partial charge in [-0.05, 0) is 37.1 Å². The summed E-state index contributed by atoms with van der Waals surface area (Å²) >= 11 is 0. The van der Waals surface area contributed by atoms with E-state index >= 15 is 0 Å². The highest BCUT2D eigenvalue weighted by molar-refractivity contribution is 5.65. The maximum atomic E-state index is 5.92. The van der Waals surface area contributed by atoms with Crippen molar-refractivity contribution in [3.8, 4) is 11.3 Å². The van der Waals surface area contributed by atoms with E-state index in [-0.39, 0.29) is 5.95 Å². The molecule has 5 N–H and O–H groups in total. The summed E-state index contributed by atoms with van der Waals surface area (Å²) in [5.74, 6) is 0.850. The lowest BCUT2D eigenvalue weighted by molar-refractivity contribution is 0.976. The Hall–Kier alpha value is -3.77. The molecule has 1 aromatic carbocycles. The Kier molecular flexibility index (Phi) is 7.08. The number of anilines is 2. The third-order valence-electron chi connectivity index (χ3n) is 4.42. The van der Waals surface area contributed by atoms with Gasteiger partial charge in [0.05, 0.1) is 11.4 Å². The van der Waals surface area contributed by atoms with Crippen LogP contribution in [0.15, 0.2) is 90.8 Å². The summed E-state index contributed by atoms with van der Waals surface area (Å²) in [6.45, 7) is 6.53. The number of nitrogens with zero attached hydrogens (tertiary/aromatic N) is 3. The summed E-state index contributed by atoms with van der Waals surface area (Å²) in [4.78, 5) is 12.9. The van der Waals surface area contributed by atoms with E-state index in [0.717, 1.165) is 40.2 Å². The van der Waals surface area contributed by atoms with Gasteiger partial charge in [0.1, 0.15) is 5.82 Å². The number of nitrogens with two attached hydrogens (primary N) is 2. The van der Waals surface area contributed by atoms with Gasteiger partial charge < -0.3 is 16.8 Å². The Morgan fingerprint density at radius 3 is 2.63 bits per heavy atom. The summed E-state index contributed by atoms with van der Waals surface area (Å²) in [6, 6.07) is 15.7. The number of pyridine rings is 1. The average molecular weight is 399 g/mol. The van der Waals surface area contributed by atoms with Crippen LogP contribution in [0.1, 0.15) is 18.2 Å². The van der Waals surface area contributed by atoms with E-state index in [1.165, 1.54) is 0 Å². The van der Waals surface area contributed by atoms with Crippen molar-refractivity contribution in [1.82, 2.24) is 15.0 Å². The van der Waals surface area contributed by atoms with Gasteiger partial charge >= 0.3 is 0 Å². The Morgan fingerprint density at radius 2 is 1.90 bits per heavy atom. The third-order valence-corrected chi connectivity index (χ3v) is 4.42. The molecule has 0 radical (unpaired) electrons. The number of allylic oxidation sites excluding steroid dienone is 4. The Morgan fingerprint density at radius 1 is 1.10 bits per heavy atom. The molecule has 0 aliphatic heterocycles. The van der Waals surface area contributed by atoms with Crippen molar-refractivity contribution < 1.29 is 0 Å². The number of rotatable bonds is 8. The highest BCUT2D eigenvalue weighted by atomic mass is 15.1. The van der Waals surface area contributed by atoms with Gasteiger partial charge in [-0.1, -0.05) is 54.6 Å². The molecule has 0 unspecified atom stereocenters. The van der Waals surface area contributed by atoms with E-state index in [4.69, 9.17) is 11.5 Å². The lowest BCUT2D eigenvalue weighted by Gasteiger charge is -2.09. The van der Waals surface area contributed by atoms with Crippen molar-refractivity contribution >= 4 is 11.8 Å². The molecule has 2 aromatic heterocycles. The predicted octanol–water partition coefficient (Wildman–Crippen LogP) is 4.25. The van der Waals surface area contributed by atoms with E-state index in [1.807, 2.05) is 73.7 Å². The fourth-order valence-corrected chi connectivity index (χ4v) is 2.92. The Bertz CT molecular complexity index is 1070. The molecular weight excluding hydrogens is 372 g/mol. The number of nitrogens with one attached hydrogen (secondary N) is 1. The summed E-state index contributed by atoms with van der Waals surface area (Å²) < 4.78 is 0. The summed E-state index contributed by atoms with van der Waals surface area (Å²) in [7, 11) is 0. The van der Waals surface area contributed by atoms with Crippen molar-refractivity contribution in [3.63, 3.8) is 0 Å². The molecule has 6 nitrogen and oxygen atoms in total. The average Bonchev–Trinajstić information content (AvgIpc) is 2.77. The van der Waals surface area contributed by atoms with Crippen molar-refractivity contribution in [2.75, 3.05) is 11.1 Å². The second kappa shape index (κ2) is 10.1. The van der Waals surface area contributed by atoms with Crippen LogP contribution < -0.4 is 16.8 Å². The number of hydrogen-bond acceptors (Lipinski definition) is 6. The van der Waals surface area contributed by atoms with E-state index < -0.39 is 0 Å². The maximum absolute atomic E-state index is 5.92. The van der Waals surface area contributed by atoms with E-state index in [2.05, 4.69) is 26.8 Å². The zero-order chi connectivity index (χ0) is 21.3. The second-order valence-electron chi connectivity index (χ2n) is 6.76. The van der Waals surface area contributed by atoms with Crippen LogP contribution in [0.25, 0.3) is 11.3 Å². The molecule has 0 spiro atoms. The van der Waals surface area contributed by atoms with Gasteiger partial charge in [-0.15, -0.1) is 0 Å². The first-order chi connectivity index (χ1) is 14.6. The van der Waals surface area contributed by atoms with Gasteiger partial charge in [-0.2, -0.15) is 4.98 Å². The number of aromatic nitrogens is 3. The normalized spacial score (nSPS) is 11.6. The molecule has 3 aromatic rings. The third kappa shape index (κ3) is 5.86. The van der Waals surface area contributed by atoms with Gasteiger partial charge in [0.2, 0.25) is 5.95 Å². The van der Waals surface area contributed by atoms with Crippen LogP contribution in [0.3, 0.4) is 0 Å². The van der Waals surface area contributed by atoms with Gasteiger partial charge in [-0.3, -0.25) is 4.98 Å². The quantitative estimate of drug-likeness (QED) is 0.490. The van der Waals surface area contributed by atoms with Gasteiger partial charge in [-0.25, -0.2) is 4.98 Å². The summed E-state index contributed by atoms with van der Waals surface area (Å²) in [6.07, 6.45) is 8.41. The minimum atomic E-state index is 0.219. The van der Waals surface area contributed by atoms with E-state index in [0.29, 0.717) is 12.4 Å². The van der Waals surface area contributed by atoms with E-state index in [9.17, 15) is 0 Å². The lowest BCUT2D eigenvalue weighted by atomic mass is 10.1. The van der Waals surface area contributed by atoms with Crippen LogP contribution in [-0.4, -0.2) is 15.0 Å². The molecule has 0 aliphatic carbocycles. The smallest absolute Gasteiger partial charge is 0.222 e. The first kappa shape index (κ1) is 21.0. The highest BCUT2D eigenvalue weighted by Crippen LogP contribution is 2.21. The molecular formula is C24H26N6. The fraction of sp³-hybridized carbons (Fsp3) is 0.125. The standard InChI is InChI=1S/C24H26N6/c1-3-20(10-9-17(2)13-18-11-12-27-21(14-18)16-25)28-23-15-22(29-24(26)30-23)19-7-5-4-6-8-19/h3-12,14-15H,2,13,16,25H2,1H3,(H3,26,28,29,30)/b10-9-,20-3+.